The van der Waals surface area contributed by atoms with E-state index in [1.54, 1.807) is 25.5 Å². The van der Waals surface area contributed by atoms with Crippen LogP contribution in [0.3, 0.4) is 0 Å². The van der Waals surface area contributed by atoms with Gasteiger partial charge in [0.05, 0.1) is 13.2 Å². The zero-order valence-corrected chi connectivity index (χ0v) is 19.6. The van der Waals surface area contributed by atoms with E-state index in [4.69, 9.17) is 10.5 Å². The number of benzene rings is 1. The van der Waals surface area contributed by atoms with E-state index < -0.39 is 29.9 Å². The summed E-state index contributed by atoms with van der Waals surface area (Å²) < 4.78 is 5.42. The van der Waals surface area contributed by atoms with Crippen LogP contribution in [0.4, 0.5) is 0 Å². The van der Waals surface area contributed by atoms with Crippen LogP contribution < -0.4 is 26.4 Å². The van der Waals surface area contributed by atoms with Crippen LogP contribution in [0.2, 0.25) is 0 Å². The van der Waals surface area contributed by atoms with Gasteiger partial charge in [0.2, 0.25) is 17.7 Å². The third kappa shape index (κ3) is 6.32. The molecule has 1 aliphatic rings. The van der Waals surface area contributed by atoms with Gasteiger partial charge in [-0.3, -0.25) is 14.4 Å². The number of amides is 3. The lowest BCUT2D eigenvalue weighted by atomic mass is 9.94. The van der Waals surface area contributed by atoms with E-state index in [2.05, 4.69) is 16.0 Å². The molecule has 0 fully saturated rings. The van der Waals surface area contributed by atoms with Crippen LogP contribution in [0.25, 0.3) is 6.08 Å². The molecule has 176 valence electrons. The maximum absolute atomic E-state index is 13.1. The molecule has 1 aromatic rings. The van der Waals surface area contributed by atoms with Gasteiger partial charge < -0.3 is 26.4 Å². The van der Waals surface area contributed by atoms with E-state index in [0.717, 1.165) is 11.1 Å². The number of rotatable bonds is 5. The van der Waals surface area contributed by atoms with Gasteiger partial charge in [-0.05, 0) is 41.2 Å². The Labute approximate surface area is 190 Å². The van der Waals surface area contributed by atoms with Gasteiger partial charge in [0.25, 0.3) is 0 Å². The fraction of sp³-hybridized carbons (Fsp3) is 0.542. The SMILES string of the molecule is CCC(C)C1NC(=O)C(N)Cc2cc(ccc2OC)C=CNC(=O)C(C(C)CC)NC1=O. The standard InChI is InChI=1S/C24H36N4O4/c1-6-14(3)20-23(30)26-11-10-16-8-9-19(32-5)17(12-16)13-18(25)22(29)27-21(15(4)7-2)24(31)28-20/h8-12,14-15,18,20-21H,6-7,13,25H2,1-5H3,(H,26,30)(H,27,29)(H,28,31). The summed E-state index contributed by atoms with van der Waals surface area (Å²) >= 11 is 0. The van der Waals surface area contributed by atoms with E-state index in [0.29, 0.717) is 18.6 Å². The van der Waals surface area contributed by atoms with Crippen LogP contribution in [0.1, 0.15) is 51.7 Å². The second-order valence-electron chi connectivity index (χ2n) is 8.47. The summed E-state index contributed by atoms with van der Waals surface area (Å²) in [4.78, 5) is 38.9. The second kappa shape index (κ2) is 11.7. The van der Waals surface area contributed by atoms with Crippen LogP contribution >= 0.6 is 0 Å². The first kappa shape index (κ1) is 25.4. The van der Waals surface area contributed by atoms with E-state index in [9.17, 15) is 14.4 Å². The van der Waals surface area contributed by atoms with Crippen molar-refractivity contribution in [2.45, 2.75) is 65.1 Å². The Morgan fingerprint density at radius 2 is 1.59 bits per heavy atom. The van der Waals surface area contributed by atoms with Gasteiger partial charge in [-0.25, -0.2) is 0 Å². The first-order valence-corrected chi connectivity index (χ1v) is 11.2. The van der Waals surface area contributed by atoms with Crippen molar-refractivity contribution in [2.24, 2.45) is 17.6 Å². The molecule has 5 unspecified atom stereocenters. The molecule has 2 bridgehead atoms. The molecular formula is C24H36N4O4. The lowest BCUT2D eigenvalue weighted by Gasteiger charge is -2.29. The molecule has 8 nitrogen and oxygen atoms in total. The first-order valence-electron chi connectivity index (χ1n) is 11.2. The molecular weight excluding hydrogens is 408 g/mol. The van der Waals surface area contributed by atoms with Gasteiger partial charge in [-0.15, -0.1) is 0 Å². The largest absolute Gasteiger partial charge is 0.496 e. The molecule has 0 aliphatic carbocycles. The van der Waals surface area contributed by atoms with Crippen molar-refractivity contribution in [3.63, 3.8) is 0 Å². The molecule has 3 amide bonds. The Kier molecular flexibility index (Phi) is 9.26. The molecule has 5 atom stereocenters. The Morgan fingerprint density at radius 3 is 2.19 bits per heavy atom. The van der Waals surface area contributed by atoms with E-state index in [1.165, 1.54) is 0 Å². The Morgan fingerprint density at radius 1 is 1.00 bits per heavy atom. The van der Waals surface area contributed by atoms with Gasteiger partial charge in [0, 0.05) is 12.6 Å². The van der Waals surface area contributed by atoms with Gasteiger partial charge >= 0.3 is 0 Å². The van der Waals surface area contributed by atoms with Crippen LogP contribution in [0.5, 0.6) is 5.75 Å². The summed E-state index contributed by atoms with van der Waals surface area (Å²) in [5.74, 6) is -0.734. The highest BCUT2D eigenvalue weighted by Crippen LogP contribution is 2.22. The van der Waals surface area contributed by atoms with Crippen LogP contribution in [-0.4, -0.2) is 43.0 Å². The van der Waals surface area contributed by atoms with Crippen LogP contribution in [0, 0.1) is 11.8 Å². The number of carbonyl (C=O) groups excluding carboxylic acids is 3. The average Bonchev–Trinajstić information content (AvgIpc) is 2.79. The highest BCUT2D eigenvalue weighted by molar-refractivity contribution is 5.93. The number of nitrogens with two attached hydrogens (primary N) is 1. The van der Waals surface area contributed by atoms with Crippen molar-refractivity contribution in [2.75, 3.05) is 7.11 Å². The van der Waals surface area contributed by atoms with Gasteiger partial charge in [0.15, 0.2) is 0 Å². The Hall–Kier alpha value is -2.87. The van der Waals surface area contributed by atoms with Crippen molar-refractivity contribution in [1.82, 2.24) is 16.0 Å². The number of nitrogens with one attached hydrogen (secondary N) is 3. The molecule has 1 heterocycles. The summed E-state index contributed by atoms with van der Waals surface area (Å²) in [6.07, 6.45) is 4.93. The highest BCUT2D eigenvalue weighted by Gasteiger charge is 2.33. The zero-order valence-electron chi connectivity index (χ0n) is 19.6. The minimum atomic E-state index is -0.863. The van der Waals surface area contributed by atoms with E-state index in [1.807, 2.05) is 39.8 Å². The molecule has 0 spiro atoms. The normalized spacial score (nSPS) is 24.3. The highest BCUT2D eigenvalue weighted by atomic mass is 16.5. The molecule has 0 saturated carbocycles. The van der Waals surface area contributed by atoms with Crippen LogP contribution in [-0.2, 0) is 20.8 Å². The number of hydrogen-bond acceptors (Lipinski definition) is 5. The molecule has 2 rings (SSSR count). The van der Waals surface area contributed by atoms with Gasteiger partial charge in [0.1, 0.15) is 17.8 Å². The zero-order chi connectivity index (χ0) is 23.8. The van der Waals surface area contributed by atoms with Gasteiger partial charge in [-0.2, -0.15) is 0 Å². The third-order valence-corrected chi connectivity index (χ3v) is 6.17. The lowest BCUT2D eigenvalue weighted by Crippen LogP contribution is -2.58. The summed E-state index contributed by atoms with van der Waals surface area (Å²) in [6, 6.07) is 3.13. The lowest BCUT2D eigenvalue weighted by molar-refractivity contribution is -0.134. The smallest absolute Gasteiger partial charge is 0.246 e. The number of methoxy groups -OCH3 is 1. The minimum Gasteiger partial charge on any atom is -0.496 e. The topological polar surface area (TPSA) is 123 Å². The molecule has 32 heavy (non-hydrogen) atoms. The maximum Gasteiger partial charge on any atom is 0.246 e. The van der Waals surface area contributed by atoms with Crippen molar-refractivity contribution in [1.29, 1.82) is 0 Å². The molecule has 1 aromatic carbocycles. The van der Waals surface area contributed by atoms with Crippen molar-refractivity contribution in [3.8, 4) is 5.75 Å². The average molecular weight is 445 g/mol. The number of fused-ring (bicyclic) bond motifs is 2. The Bertz CT molecular complexity index is 854. The summed E-state index contributed by atoms with van der Waals surface area (Å²) in [5.41, 5.74) is 7.80. The van der Waals surface area contributed by atoms with Crippen molar-refractivity contribution < 1.29 is 19.1 Å². The molecule has 1 aliphatic heterocycles. The molecule has 0 radical (unpaired) electrons. The number of carbonyl (C=O) groups is 3. The number of hydrogen-bond donors (Lipinski definition) is 4. The predicted molar refractivity (Wildman–Crippen MR) is 125 cm³/mol. The van der Waals surface area contributed by atoms with Crippen LogP contribution in [0.15, 0.2) is 24.4 Å². The fourth-order valence-electron chi connectivity index (χ4n) is 3.61. The predicted octanol–water partition coefficient (Wildman–Crippen LogP) is 1.73. The van der Waals surface area contributed by atoms with Crippen molar-refractivity contribution >= 4 is 23.8 Å². The van der Waals surface area contributed by atoms with E-state index >= 15 is 0 Å². The second-order valence-corrected chi connectivity index (χ2v) is 8.47. The molecule has 5 N–H and O–H groups in total. The molecule has 8 heteroatoms. The third-order valence-electron chi connectivity index (χ3n) is 6.17. The van der Waals surface area contributed by atoms with Gasteiger partial charge in [-0.1, -0.05) is 46.6 Å². The minimum absolute atomic E-state index is 0.0915. The maximum atomic E-state index is 13.1. The van der Waals surface area contributed by atoms with Crippen molar-refractivity contribution in [3.05, 3.63) is 35.5 Å². The summed E-state index contributed by atoms with van der Waals surface area (Å²) in [5, 5.41) is 8.44. The van der Waals surface area contributed by atoms with E-state index in [-0.39, 0.29) is 24.2 Å². The summed E-state index contributed by atoms with van der Waals surface area (Å²) in [6.45, 7) is 7.70. The monoisotopic (exact) mass is 444 g/mol. The molecule has 0 saturated heterocycles. The quantitative estimate of drug-likeness (QED) is 0.551. The first-order chi connectivity index (χ1) is 15.2. The summed E-state index contributed by atoms with van der Waals surface area (Å²) in [7, 11) is 1.56. The number of ether oxygens (including phenoxy) is 1. The Balaban J connectivity index is 2.48. The molecule has 0 aromatic heterocycles. The fourth-order valence-corrected chi connectivity index (χ4v) is 3.61.